The molecule has 3 nitrogen and oxygen atoms in total. The van der Waals surface area contributed by atoms with Crippen molar-refractivity contribution in [1.82, 2.24) is 0 Å². The van der Waals surface area contributed by atoms with Crippen LogP contribution in [0.15, 0.2) is 60.7 Å². The Morgan fingerprint density at radius 3 is 1.89 bits per heavy atom. The maximum absolute atomic E-state index is 9.46. The van der Waals surface area contributed by atoms with Crippen molar-refractivity contribution in [2.45, 2.75) is 39.9 Å². The van der Waals surface area contributed by atoms with Gasteiger partial charge in [0.1, 0.15) is 0 Å². The van der Waals surface area contributed by atoms with E-state index in [1.807, 2.05) is 36.4 Å². The normalized spacial score (nSPS) is 27.3. The van der Waals surface area contributed by atoms with E-state index in [0.29, 0.717) is 25.7 Å². The van der Waals surface area contributed by atoms with Crippen molar-refractivity contribution in [2.75, 3.05) is 19.8 Å². The second-order valence-corrected chi connectivity index (χ2v) is 8.35. The molecule has 3 heteroatoms. The van der Waals surface area contributed by atoms with Gasteiger partial charge in [-0.15, -0.1) is 0 Å². The summed E-state index contributed by atoms with van der Waals surface area (Å²) < 4.78 is 12.2. The fourth-order valence-corrected chi connectivity index (χ4v) is 4.38. The van der Waals surface area contributed by atoms with Crippen molar-refractivity contribution in [1.29, 1.82) is 0 Å². The Kier molecular flexibility index (Phi) is 6.69. The van der Waals surface area contributed by atoms with Gasteiger partial charge in [0, 0.05) is 12.0 Å². The summed E-state index contributed by atoms with van der Waals surface area (Å²) in [5.74, 6) is 0.476. The molecule has 27 heavy (non-hydrogen) atoms. The summed E-state index contributed by atoms with van der Waals surface area (Å²) in [4.78, 5) is 0. The average Bonchev–Trinajstić information content (AvgIpc) is 2.69. The van der Waals surface area contributed by atoms with Gasteiger partial charge in [-0.1, -0.05) is 74.5 Å². The third-order valence-corrected chi connectivity index (χ3v) is 6.50. The molecule has 3 rings (SSSR count). The van der Waals surface area contributed by atoms with Gasteiger partial charge in [0.25, 0.3) is 0 Å². The lowest BCUT2D eigenvalue weighted by molar-refractivity contribution is -0.198. The van der Waals surface area contributed by atoms with E-state index in [-0.39, 0.29) is 17.4 Å². The zero-order chi connectivity index (χ0) is 19.2. The second-order valence-electron chi connectivity index (χ2n) is 8.35. The maximum Gasteiger partial charge on any atom is 0.0717 e. The molecule has 1 aliphatic carbocycles. The molecule has 0 unspecified atom stereocenters. The Morgan fingerprint density at radius 2 is 1.37 bits per heavy atom. The maximum atomic E-state index is 9.46. The molecule has 0 bridgehead atoms. The molecule has 0 aliphatic heterocycles. The Balaban J connectivity index is 1.57. The van der Waals surface area contributed by atoms with Crippen LogP contribution in [-0.4, -0.2) is 24.9 Å². The van der Waals surface area contributed by atoms with Gasteiger partial charge < -0.3 is 14.6 Å². The minimum Gasteiger partial charge on any atom is -0.396 e. The minimum atomic E-state index is 0.0151. The molecule has 0 amide bonds. The van der Waals surface area contributed by atoms with Crippen LogP contribution in [0.1, 0.15) is 37.8 Å². The molecule has 2 aromatic carbocycles. The second kappa shape index (κ2) is 9.01. The van der Waals surface area contributed by atoms with Crippen LogP contribution in [0, 0.1) is 16.7 Å². The smallest absolute Gasteiger partial charge is 0.0717 e. The molecule has 0 heterocycles. The molecule has 0 radical (unpaired) electrons. The highest BCUT2D eigenvalue weighted by Gasteiger charge is 2.59. The summed E-state index contributed by atoms with van der Waals surface area (Å²) in [5, 5.41) is 9.46. The summed E-state index contributed by atoms with van der Waals surface area (Å²) in [6.07, 6.45) is 1.91. The van der Waals surface area contributed by atoms with Crippen LogP contribution in [0.25, 0.3) is 0 Å². The Hall–Kier alpha value is -1.68. The lowest BCUT2D eigenvalue weighted by Gasteiger charge is -2.62. The van der Waals surface area contributed by atoms with Crippen LogP contribution < -0.4 is 0 Å². The number of aliphatic hydroxyl groups is 1. The van der Waals surface area contributed by atoms with Gasteiger partial charge in [-0.25, -0.2) is 0 Å². The van der Waals surface area contributed by atoms with E-state index >= 15 is 0 Å². The number of aliphatic hydroxyl groups excluding tert-OH is 1. The van der Waals surface area contributed by atoms with Gasteiger partial charge in [-0.2, -0.15) is 0 Å². The van der Waals surface area contributed by atoms with Crippen LogP contribution >= 0.6 is 0 Å². The van der Waals surface area contributed by atoms with Crippen molar-refractivity contribution in [3.63, 3.8) is 0 Å². The predicted molar refractivity (Wildman–Crippen MR) is 108 cm³/mol. The first-order valence-electron chi connectivity index (χ1n) is 9.92. The van der Waals surface area contributed by atoms with Crippen molar-refractivity contribution >= 4 is 0 Å². The van der Waals surface area contributed by atoms with Gasteiger partial charge in [-0.05, 0) is 35.3 Å². The molecule has 1 N–H and O–H groups in total. The van der Waals surface area contributed by atoms with Crippen LogP contribution in [-0.2, 0) is 22.7 Å². The van der Waals surface area contributed by atoms with E-state index in [2.05, 4.69) is 38.1 Å². The quantitative estimate of drug-likeness (QED) is 0.652. The van der Waals surface area contributed by atoms with Crippen LogP contribution in [0.3, 0.4) is 0 Å². The van der Waals surface area contributed by atoms with Gasteiger partial charge in [0.2, 0.25) is 0 Å². The highest BCUT2D eigenvalue weighted by Crippen LogP contribution is 2.62. The van der Waals surface area contributed by atoms with Crippen LogP contribution in [0.2, 0.25) is 0 Å². The van der Waals surface area contributed by atoms with E-state index in [9.17, 15) is 5.11 Å². The van der Waals surface area contributed by atoms with Crippen molar-refractivity contribution in [3.05, 3.63) is 71.8 Å². The Labute approximate surface area is 163 Å². The fraction of sp³-hybridized carbons (Fsp3) is 0.500. The number of hydrogen-bond acceptors (Lipinski definition) is 3. The fourth-order valence-electron chi connectivity index (χ4n) is 4.38. The van der Waals surface area contributed by atoms with Gasteiger partial charge in [0.15, 0.2) is 0 Å². The molecule has 3 atom stereocenters. The molecule has 1 saturated carbocycles. The predicted octanol–water partition coefficient (Wildman–Crippen LogP) is 4.83. The zero-order valence-corrected chi connectivity index (χ0v) is 16.6. The zero-order valence-electron chi connectivity index (χ0n) is 16.6. The number of rotatable bonds is 10. The highest BCUT2D eigenvalue weighted by atomic mass is 16.5. The lowest BCUT2D eigenvalue weighted by Crippen LogP contribution is -2.59. The van der Waals surface area contributed by atoms with E-state index in [1.54, 1.807) is 0 Å². The van der Waals surface area contributed by atoms with Crippen LogP contribution in [0.4, 0.5) is 0 Å². The summed E-state index contributed by atoms with van der Waals surface area (Å²) >= 11 is 0. The van der Waals surface area contributed by atoms with Gasteiger partial charge in [-0.3, -0.25) is 0 Å². The summed E-state index contributed by atoms with van der Waals surface area (Å²) in [7, 11) is 0. The Bertz CT molecular complexity index is 687. The number of hydrogen-bond donors (Lipinski definition) is 1. The molecule has 1 fully saturated rings. The number of ether oxygens (including phenoxy) is 2. The summed E-state index contributed by atoms with van der Waals surface area (Å²) in [5.41, 5.74) is 2.48. The average molecular weight is 369 g/mol. The monoisotopic (exact) mass is 368 g/mol. The van der Waals surface area contributed by atoms with Gasteiger partial charge >= 0.3 is 0 Å². The minimum absolute atomic E-state index is 0.0151. The van der Waals surface area contributed by atoms with Crippen LogP contribution in [0.5, 0.6) is 0 Å². The van der Waals surface area contributed by atoms with E-state index in [4.69, 9.17) is 9.47 Å². The third kappa shape index (κ3) is 4.60. The first-order valence-corrected chi connectivity index (χ1v) is 9.92. The largest absolute Gasteiger partial charge is 0.396 e. The summed E-state index contributed by atoms with van der Waals surface area (Å²) in [6.45, 7) is 7.52. The first-order chi connectivity index (χ1) is 13.1. The summed E-state index contributed by atoms with van der Waals surface area (Å²) in [6, 6.07) is 20.6. The van der Waals surface area contributed by atoms with Gasteiger partial charge in [0.05, 0.1) is 26.4 Å². The molecule has 0 saturated heterocycles. The van der Waals surface area contributed by atoms with Crippen molar-refractivity contribution in [3.8, 4) is 0 Å². The molecular formula is C24H32O3. The highest BCUT2D eigenvalue weighted by molar-refractivity contribution is 5.15. The van der Waals surface area contributed by atoms with E-state index in [1.165, 1.54) is 11.1 Å². The Morgan fingerprint density at radius 1 is 0.852 bits per heavy atom. The van der Waals surface area contributed by atoms with Crippen molar-refractivity contribution in [2.24, 2.45) is 16.7 Å². The molecule has 0 spiro atoms. The molecule has 0 aromatic heterocycles. The molecular weight excluding hydrogens is 336 g/mol. The first kappa shape index (κ1) is 20.1. The lowest BCUT2D eigenvalue weighted by atomic mass is 9.45. The SMILES string of the molecule is C[C@]1(COCc2ccccc2)C[C@@H](CCO)[C@@]1(C)COCc1ccccc1. The third-order valence-electron chi connectivity index (χ3n) is 6.50. The van der Waals surface area contributed by atoms with E-state index < -0.39 is 0 Å². The topological polar surface area (TPSA) is 38.7 Å². The molecule has 146 valence electrons. The number of benzene rings is 2. The van der Waals surface area contributed by atoms with E-state index in [0.717, 1.165) is 19.4 Å². The van der Waals surface area contributed by atoms with Crippen molar-refractivity contribution < 1.29 is 14.6 Å². The standard InChI is InChI=1S/C24H32O3/c1-23(18-26-16-20-9-5-3-6-10-20)15-22(13-14-25)24(23,2)19-27-17-21-11-7-4-8-12-21/h3-12,22,25H,13-19H2,1-2H3/t22-,23-,24-/m1/s1. The molecule has 2 aromatic rings. The molecule has 1 aliphatic rings.